The van der Waals surface area contributed by atoms with Crippen LogP contribution in [0.3, 0.4) is 0 Å². The molecule has 0 fully saturated rings. The number of aliphatic carboxylic acids is 1. The molecule has 0 saturated carbocycles. The molecule has 0 radical (unpaired) electrons. The second-order valence-electron chi connectivity index (χ2n) is 5.26. The van der Waals surface area contributed by atoms with Gasteiger partial charge < -0.3 is 15.2 Å². The Labute approximate surface area is 118 Å². The molecule has 1 rings (SSSR count). The van der Waals surface area contributed by atoms with Crippen LogP contribution >= 0.6 is 0 Å². The van der Waals surface area contributed by atoms with E-state index in [2.05, 4.69) is 5.32 Å². The van der Waals surface area contributed by atoms with Crippen LogP contribution < -0.4 is 5.32 Å². The molecular formula is C15H21NO4. The first kappa shape index (κ1) is 16.2. The van der Waals surface area contributed by atoms with E-state index in [0.29, 0.717) is 6.61 Å². The van der Waals surface area contributed by atoms with Crippen molar-refractivity contribution in [2.24, 2.45) is 5.41 Å². The monoisotopic (exact) mass is 279 g/mol. The van der Waals surface area contributed by atoms with E-state index in [0.717, 1.165) is 5.56 Å². The molecule has 0 spiro atoms. The van der Waals surface area contributed by atoms with E-state index in [-0.39, 0.29) is 25.5 Å². The first-order chi connectivity index (χ1) is 9.42. The van der Waals surface area contributed by atoms with Gasteiger partial charge in [0.05, 0.1) is 25.0 Å². The molecule has 0 saturated heterocycles. The van der Waals surface area contributed by atoms with Crippen LogP contribution in [0, 0.1) is 5.41 Å². The largest absolute Gasteiger partial charge is 0.481 e. The molecule has 1 amide bonds. The van der Waals surface area contributed by atoms with E-state index < -0.39 is 11.4 Å². The number of amides is 1. The van der Waals surface area contributed by atoms with Crippen LogP contribution in [0.1, 0.15) is 25.8 Å². The molecule has 0 unspecified atom stereocenters. The second kappa shape index (κ2) is 7.65. The molecule has 0 atom stereocenters. The molecule has 1 aromatic carbocycles. The minimum absolute atomic E-state index is 0.0767. The summed E-state index contributed by atoms with van der Waals surface area (Å²) in [6.45, 7) is 4.41. The summed E-state index contributed by atoms with van der Waals surface area (Å²) in [6.07, 6.45) is -0.0767. The fourth-order valence-electron chi connectivity index (χ4n) is 1.59. The Balaban J connectivity index is 2.32. The van der Waals surface area contributed by atoms with Crippen molar-refractivity contribution in [3.8, 4) is 0 Å². The molecule has 0 aromatic heterocycles. The predicted octanol–water partition coefficient (Wildman–Crippen LogP) is 1.82. The number of nitrogens with one attached hydrogen (secondary N) is 1. The minimum Gasteiger partial charge on any atom is -0.481 e. The Morgan fingerprint density at radius 1 is 1.25 bits per heavy atom. The molecule has 20 heavy (non-hydrogen) atoms. The van der Waals surface area contributed by atoms with Crippen LogP contribution in [0.2, 0.25) is 0 Å². The minimum atomic E-state index is -0.927. The maximum atomic E-state index is 11.9. The standard InChI is InChI=1S/C15H21NO4/c1-15(2,14(19)16-9-8-13(17)18)11-20-10-12-6-4-3-5-7-12/h3-7H,8-11H2,1-2H3,(H,16,19)(H,17,18). The van der Waals surface area contributed by atoms with Crippen LogP contribution in [0.15, 0.2) is 30.3 Å². The third-order valence-corrected chi connectivity index (χ3v) is 2.81. The van der Waals surface area contributed by atoms with Crippen molar-refractivity contribution in [2.45, 2.75) is 26.9 Å². The van der Waals surface area contributed by atoms with E-state index in [9.17, 15) is 9.59 Å². The zero-order valence-corrected chi connectivity index (χ0v) is 11.9. The fraction of sp³-hybridized carbons (Fsp3) is 0.467. The number of ether oxygens (including phenoxy) is 1. The van der Waals surface area contributed by atoms with Gasteiger partial charge in [0.1, 0.15) is 0 Å². The lowest BCUT2D eigenvalue weighted by Gasteiger charge is -2.23. The Hall–Kier alpha value is -1.88. The molecule has 0 aliphatic carbocycles. The van der Waals surface area contributed by atoms with Gasteiger partial charge in [-0.2, -0.15) is 0 Å². The first-order valence-electron chi connectivity index (χ1n) is 6.53. The third kappa shape index (κ3) is 5.84. The second-order valence-corrected chi connectivity index (χ2v) is 5.26. The van der Waals surface area contributed by atoms with Crippen molar-refractivity contribution in [3.05, 3.63) is 35.9 Å². The molecule has 2 N–H and O–H groups in total. The van der Waals surface area contributed by atoms with E-state index in [1.807, 2.05) is 30.3 Å². The van der Waals surface area contributed by atoms with Crippen LogP contribution in [0.5, 0.6) is 0 Å². The van der Waals surface area contributed by atoms with Gasteiger partial charge in [-0.25, -0.2) is 0 Å². The molecule has 1 aromatic rings. The Morgan fingerprint density at radius 3 is 2.50 bits per heavy atom. The van der Waals surface area contributed by atoms with Gasteiger partial charge in [0.25, 0.3) is 0 Å². The van der Waals surface area contributed by atoms with Crippen molar-refractivity contribution >= 4 is 11.9 Å². The zero-order valence-electron chi connectivity index (χ0n) is 11.9. The van der Waals surface area contributed by atoms with Gasteiger partial charge in [0.15, 0.2) is 0 Å². The van der Waals surface area contributed by atoms with Crippen molar-refractivity contribution < 1.29 is 19.4 Å². The predicted molar refractivity (Wildman–Crippen MR) is 75.1 cm³/mol. The number of carbonyl (C=O) groups is 2. The molecule has 0 heterocycles. The van der Waals surface area contributed by atoms with Crippen LogP contribution in [0.25, 0.3) is 0 Å². The highest BCUT2D eigenvalue weighted by Gasteiger charge is 2.27. The van der Waals surface area contributed by atoms with Crippen molar-refractivity contribution in [2.75, 3.05) is 13.2 Å². The summed E-state index contributed by atoms with van der Waals surface area (Å²) in [5, 5.41) is 11.1. The smallest absolute Gasteiger partial charge is 0.305 e. The molecule has 0 aliphatic rings. The maximum Gasteiger partial charge on any atom is 0.305 e. The van der Waals surface area contributed by atoms with Crippen molar-refractivity contribution in [1.29, 1.82) is 0 Å². The summed E-state index contributed by atoms with van der Waals surface area (Å²) < 4.78 is 5.56. The number of rotatable bonds is 8. The lowest BCUT2D eigenvalue weighted by Crippen LogP contribution is -2.40. The number of carbonyl (C=O) groups excluding carboxylic acids is 1. The lowest BCUT2D eigenvalue weighted by molar-refractivity contribution is -0.137. The van der Waals surface area contributed by atoms with Gasteiger partial charge in [-0.15, -0.1) is 0 Å². The number of benzene rings is 1. The van der Waals surface area contributed by atoms with Crippen LogP contribution in [-0.4, -0.2) is 30.1 Å². The van der Waals surface area contributed by atoms with Gasteiger partial charge in [0, 0.05) is 6.54 Å². The molecule has 0 aliphatic heterocycles. The van der Waals surface area contributed by atoms with Crippen molar-refractivity contribution in [3.63, 3.8) is 0 Å². The highest BCUT2D eigenvalue weighted by Crippen LogP contribution is 2.16. The molecule has 5 nitrogen and oxygen atoms in total. The van der Waals surface area contributed by atoms with E-state index >= 15 is 0 Å². The van der Waals surface area contributed by atoms with Gasteiger partial charge in [-0.3, -0.25) is 9.59 Å². The third-order valence-electron chi connectivity index (χ3n) is 2.81. The summed E-state index contributed by atoms with van der Waals surface area (Å²) in [6, 6.07) is 9.72. The first-order valence-corrected chi connectivity index (χ1v) is 6.53. The Morgan fingerprint density at radius 2 is 1.90 bits per heavy atom. The quantitative estimate of drug-likeness (QED) is 0.761. The Kier molecular flexibility index (Phi) is 6.18. The van der Waals surface area contributed by atoms with Gasteiger partial charge >= 0.3 is 5.97 Å². The summed E-state index contributed by atoms with van der Waals surface area (Å²) >= 11 is 0. The maximum absolute atomic E-state index is 11.9. The van der Waals surface area contributed by atoms with Crippen LogP contribution in [-0.2, 0) is 20.9 Å². The summed E-state index contributed by atoms with van der Waals surface area (Å²) in [5.41, 5.74) is 0.363. The highest BCUT2D eigenvalue weighted by molar-refractivity contribution is 5.82. The lowest BCUT2D eigenvalue weighted by atomic mass is 9.93. The summed E-state index contributed by atoms with van der Waals surface area (Å²) in [7, 11) is 0. The molecular weight excluding hydrogens is 258 g/mol. The average Bonchev–Trinajstić information content (AvgIpc) is 2.39. The van der Waals surface area contributed by atoms with Gasteiger partial charge in [0.2, 0.25) is 5.91 Å². The number of hydrogen-bond acceptors (Lipinski definition) is 3. The molecule has 110 valence electrons. The Bertz CT molecular complexity index is 442. The van der Waals surface area contributed by atoms with Gasteiger partial charge in [-0.05, 0) is 19.4 Å². The number of carboxylic acids is 1. The van der Waals surface area contributed by atoms with Crippen molar-refractivity contribution in [1.82, 2.24) is 5.32 Å². The SMILES string of the molecule is CC(C)(COCc1ccccc1)C(=O)NCCC(=O)O. The highest BCUT2D eigenvalue weighted by atomic mass is 16.5. The summed E-state index contributed by atoms with van der Waals surface area (Å²) in [4.78, 5) is 22.3. The van der Waals surface area contributed by atoms with Gasteiger partial charge in [-0.1, -0.05) is 30.3 Å². The topological polar surface area (TPSA) is 75.6 Å². The number of hydrogen-bond donors (Lipinski definition) is 2. The molecule has 5 heteroatoms. The average molecular weight is 279 g/mol. The zero-order chi connectivity index (χ0) is 15.0. The fourth-order valence-corrected chi connectivity index (χ4v) is 1.59. The van der Waals surface area contributed by atoms with E-state index in [1.54, 1.807) is 13.8 Å². The molecule has 0 bridgehead atoms. The van der Waals surface area contributed by atoms with E-state index in [4.69, 9.17) is 9.84 Å². The van der Waals surface area contributed by atoms with Crippen LogP contribution in [0.4, 0.5) is 0 Å². The normalized spacial score (nSPS) is 11.1. The number of carboxylic acid groups (broad SMARTS) is 1. The van der Waals surface area contributed by atoms with E-state index in [1.165, 1.54) is 0 Å². The summed E-state index contributed by atoms with van der Waals surface area (Å²) in [5.74, 6) is -1.13.